The summed E-state index contributed by atoms with van der Waals surface area (Å²) in [5, 5.41) is 3.50. The molecule has 1 N–H and O–H groups in total. The van der Waals surface area contributed by atoms with Crippen LogP contribution in [0.3, 0.4) is 0 Å². The summed E-state index contributed by atoms with van der Waals surface area (Å²) in [6, 6.07) is 2.41. The number of hydrogen-bond acceptors (Lipinski definition) is 3. The molecule has 1 unspecified atom stereocenters. The molecule has 0 radical (unpaired) electrons. The summed E-state index contributed by atoms with van der Waals surface area (Å²) >= 11 is 0. The van der Waals surface area contributed by atoms with E-state index in [9.17, 15) is 0 Å². The van der Waals surface area contributed by atoms with Crippen LogP contribution >= 0.6 is 0 Å². The van der Waals surface area contributed by atoms with Gasteiger partial charge < -0.3 is 10.1 Å². The predicted octanol–water partition coefficient (Wildman–Crippen LogP) is 2.86. The van der Waals surface area contributed by atoms with Crippen LogP contribution in [0.15, 0.2) is 18.5 Å². The second-order valence-corrected chi connectivity index (χ2v) is 4.24. The van der Waals surface area contributed by atoms with E-state index < -0.39 is 0 Å². The molecule has 1 heterocycles. The Kier molecular flexibility index (Phi) is 6.82. The number of pyridine rings is 1. The van der Waals surface area contributed by atoms with Crippen LogP contribution in [0.5, 0.6) is 0 Å². The number of hydrogen-bond donors (Lipinski definition) is 1. The number of ether oxygens (including phenoxy) is 1. The van der Waals surface area contributed by atoms with E-state index in [1.165, 1.54) is 11.1 Å². The summed E-state index contributed by atoms with van der Waals surface area (Å²) in [5.74, 6) is 0. The minimum Gasteiger partial charge on any atom is -0.381 e. The molecular weight excluding hydrogens is 212 g/mol. The van der Waals surface area contributed by atoms with Crippen LogP contribution in [-0.2, 0) is 4.74 Å². The van der Waals surface area contributed by atoms with Crippen LogP contribution in [-0.4, -0.2) is 24.7 Å². The van der Waals surface area contributed by atoms with Crippen molar-refractivity contribution >= 4 is 0 Å². The first-order valence-corrected chi connectivity index (χ1v) is 6.51. The number of nitrogens with zero attached hydrogens (tertiary/aromatic N) is 1. The fourth-order valence-electron chi connectivity index (χ4n) is 1.90. The Morgan fingerprint density at radius 2 is 2.18 bits per heavy atom. The van der Waals surface area contributed by atoms with Crippen LogP contribution in [0.2, 0.25) is 0 Å². The third kappa shape index (κ3) is 4.84. The van der Waals surface area contributed by atoms with Crippen molar-refractivity contribution in [3.63, 3.8) is 0 Å². The topological polar surface area (TPSA) is 34.1 Å². The smallest absolute Gasteiger partial charge is 0.0484 e. The van der Waals surface area contributed by atoms with E-state index in [-0.39, 0.29) is 0 Å². The third-order valence-corrected chi connectivity index (χ3v) is 2.80. The summed E-state index contributed by atoms with van der Waals surface area (Å²) < 4.78 is 5.56. The highest BCUT2D eigenvalue weighted by molar-refractivity contribution is 5.24. The quantitative estimate of drug-likeness (QED) is 0.705. The zero-order valence-electron chi connectivity index (χ0n) is 11.2. The van der Waals surface area contributed by atoms with Crippen molar-refractivity contribution in [2.75, 3.05) is 19.8 Å². The summed E-state index contributed by atoms with van der Waals surface area (Å²) in [7, 11) is 0. The standard InChI is InChI=1S/C14H24N2O/c1-4-9-17-10-7-14(16-5-2)13-11-15-8-6-12(13)3/h6,8,11,14,16H,4-5,7,9-10H2,1-3H3. The molecule has 0 fully saturated rings. The Hall–Kier alpha value is -0.930. The fraction of sp³-hybridized carbons (Fsp3) is 0.643. The monoisotopic (exact) mass is 236 g/mol. The van der Waals surface area contributed by atoms with Gasteiger partial charge >= 0.3 is 0 Å². The number of aryl methyl sites for hydroxylation is 1. The number of rotatable bonds is 8. The molecular formula is C14H24N2O. The van der Waals surface area contributed by atoms with Crippen molar-refractivity contribution in [3.05, 3.63) is 29.6 Å². The van der Waals surface area contributed by atoms with E-state index >= 15 is 0 Å². The van der Waals surface area contributed by atoms with Gasteiger partial charge in [0.1, 0.15) is 0 Å². The Bertz CT molecular complexity index is 315. The van der Waals surface area contributed by atoms with E-state index in [4.69, 9.17) is 4.74 Å². The van der Waals surface area contributed by atoms with Crippen LogP contribution in [0.1, 0.15) is 43.9 Å². The van der Waals surface area contributed by atoms with E-state index in [1.807, 2.05) is 12.4 Å². The molecule has 0 aromatic carbocycles. The summed E-state index contributed by atoms with van der Waals surface area (Å²) in [6.07, 6.45) is 5.88. The van der Waals surface area contributed by atoms with Crippen molar-refractivity contribution in [1.82, 2.24) is 10.3 Å². The largest absolute Gasteiger partial charge is 0.381 e. The van der Waals surface area contributed by atoms with Gasteiger partial charge in [-0.05, 0) is 43.5 Å². The minimum atomic E-state index is 0.352. The van der Waals surface area contributed by atoms with Gasteiger partial charge in [-0.1, -0.05) is 13.8 Å². The van der Waals surface area contributed by atoms with Crippen LogP contribution < -0.4 is 5.32 Å². The Balaban J connectivity index is 2.56. The first kappa shape index (κ1) is 14.1. The molecule has 0 aliphatic carbocycles. The molecule has 3 nitrogen and oxygen atoms in total. The zero-order valence-corrected chi connectivity index (χ0v) is 11.2. The normalized spacial score (nSPS) is 12.6. The van der Waals surface area contributed by atoms with E-state index in [0.29, 0.717) is 6.04 Å². The van der Waals surface area contributed by atoms with E-state index in [1.54, 1.807) is 0 Å². The molecule has 1 atom stereocenters. The lowest BCUT2D eigenvalue weighted by atomic mass is 10.0. The molecule has 0 saturated heterocycles. The van der Waals surface area contributed by atoms with E-state index in [2.05, 4.69) is 37.1 Å². The highest BCUT2D eigenvalue weighted by Gasteiger charge is 2.12. The van der Waals surface area contributed by atoms with Crippen molar-refractivity contribution in [2.24, 2.45) is 0 Å². The maximum atomic E-state index is 5.56. The Morgan fingerprint density at radius 3 is 2.82 bits per heavy atom. The van der Waals surface area contributed by atoms with Crippen molar-refractivity contribution in [1.29, 1.82) is 0 Å². The second-order valence-electron chi connectivity index (χ2n) is 4.24. The maximum absolute atomic E-state index is 5.56. The fourth-order valence-corrected chi connectivity index (χ4v) is 1.90. The second kappa shape index (κ2) is 8.20. The first-order chi connectivity index (χ1) is 8.29. The molecule has 0 bridgehead atoms. The lowest BCUT2D eigenvalue weighted by Crippen LogP contribution is -2.23. The van der Waals surface area contributed by atoms with Gasteiger partial charge in [-0.25, -0.2) is 0 Å². The molecule has 96 valence electrons. The first-order valence-electron chi connectivity index (χ1n) is 6.51. The molecule has 1 rings (SSSR count). The lowest BCUT2D eigenvalue weighted by molar-refractivity contribution is 0.124. The minimum absolute atomic E-state index is 0.352. The van der Waals surface area contributed by atoms with Gasteiger partial charge in [0.25, 0.3) is 0 Å². The molecule has 1 aromatic heterocycles. The molecule has 0 aliphatic heterocycles. The summed E-state index contributed by atoms with van der Waals surface area (Å²) in [6.45, 7) is 9.02. The Labute approximate surface area is 105 Å². The van der Waals surface area contributed by atoms with Crippen LogP contribution in [0.4, 0.5) is 0 Å². The zero-order chi connectivity index (χ0) is 12.5. The third-order valence-electron chi connectivity index (χ3n) is 2.80. The average molecular weight is 236 g/mol. The van der Waals surface area contributed by atoms with Gasteiger partial charge in [0.15, 0.2) is 0 Å². The van der Waals surface area contributed by atoms with Gasteiger partial charge in [-0.2, -0.15) is 0 Å². The van der Waals surface area contributed by atoms with Gasteiger partial charge in [0.2, 0.25) is 0 Å². The summed E-state index contributed by atoms with van der Waals surface area (Å²) in [4.78, 5) is 4.21. The highest BCUT2D eigenvalue weighted by Crippen LogP contribution is 2.19. The van der Waals surface area contributed by atoms with Gasteiger partial charge in [0, 0.05) is 31.6 Å². The SMILES string of the molecule is CCCOCCC(NCC)c1cnccc1C. The van der Waals surface area contributed by atoms with Crippen LogP contribution in [0, 0.1) is 6.92 Å². The molecule has 17 heavy (non-hydrogen) atoms. The average Bonchev–Trinajstić information content (AvgIpc) is 2.34. The maximum Gasteiger partial charge on any atom is 0.0484 e. The molecule has 3 heteroatoms. The highest BCUT2D eigenvalue weighted by atomic mass is 16.5. The van der Waals surface area contributed by atoms with Crippen molar-refractivity contribution in [2.45, 2.75) is 39.7 Å². The lowest BCUT2D eigenvalue weighted by Gasteiger charge is -2.19. The van der Waals surface area contributed by atoms with Gasteiger partial charge in [0.05, 0.1) is 0 Å². The number of nitrogens with one attached hydrogen (secondary N) is 1. The Morgan fingerprint density at radius 1 is 1.35 bits per heavy atom. The molecule has 0 spiro atoms. The predicted molar refractivity (Wildman–Crippen MR) is 71.1 cm³/mol. The van der Waals surface area contributed by atoms with Crippen molar-refractivity contribution < 1.29 is 4.74 Å². The van der Waals surface area contributed by atoms with Crippen molar-refractivity contribution in [3.8, 4) is 0 Å². The van der Waals surface area contributed by atoms with E-state index in [0.717, 1.165) is 32.6 Å². The van der Waals surface area contributed by atoms with Crippen LogP contribution in [0.25, 0.3) is 0 Å². The van der Waals surface area contributed by atoms with Gasteiger partial charge in [-0.15, -0.1) is 0 Å². The van der Waals surface area contributed by atoms with Gasteiger partial charge in [-0.3, -0.25) is 4.98 Å². The number of aromatic nitrogens is 1. The molecule has 1 aromatic rings. The molecule has 0 amide bonds. The summed E-state index contributed by atoms with van der Waals surface area (Å²) in [5.41, 5.74) is 2.58. The molecule has 0 aliphatic rings. The molecule has 0 saturated carbocycles.